The molecule has 1 atom stereocenters. The SMILES string of the molecule is CCc1ccc(CC(=O)C2COc3ccccc32)nc1. The molecule has 0 fully saturated rings. The minimum atomic E-state index is -0.154. The van der Waals surface area contributed by atoms with Crippen LogP contribution in [0.1, 0.15) is 29.7 Å². The first-order chi connectivity index (χ1) is 9.78. The van der Waals surface area contributed by atoms with Gasteiger partial charge in [0.1, 0.15) is 18.1 Å². The van der Waals surface area contributed by atoms with Gasteiger partial charge in [0.25, 0.3) is 0 Å². The van der Waals surface area contributed by atoms with Crippen molar-refractivity contribution in [3.05, 3.63) is 59.4 Å². The molecule has 102 valence electrons. The normalized spacial score (nSPS) is 16.6. The summed E-state index contributed by atoms with van der Waals surface area (Å²) in [5.74, 6) is 0.852. The highest BCUT2D eigenvalue weighted by atomic mass is 16.5. The van der Waals surface area contributed by atoms with Gasteiger partial charge in [-0.25, -0.2) is 0 Å². The summed E-state index contributed by atoms with van der Waals surface area (Å²) in [6.07, 6.45) is 3.18. The molecule has 0 saturated heterocycles. The van der Waals surface area contributed by atoms with Crippen LogP contribution in [-0.2, 0) is 17.6 Å². The predicted octanol–water partition coefficient (Wildman–Crippen LogP) is 2.93. The van der Waals surface area contributed by atoms with Gasteiger partial charge in [-0.3, -0.25) is 9.78 Å². The van der Waals surface area contributed by atoms with Crippen LogP contribution in [-0.4, -0.2) is 17.4 Å². The van der Waals surface area contributed by atoms with E-state index in [9.17, 15) is 4.79 Å². The van der Waals surface area contributed by atoms with E-state index in [1.54, 1.807) is 0 Å². The molecule has 3 rings (SSSR count). The summed E-state index contributed by atoms with van der Waals surface area (Å²) in [6.45, 7) is 2.54. The number of nitrogens with zero attached hydrogens (tertiary/aromatic N) is 1. The molecule has 0 amide bonds. The highest BCUT2D eigenvalue weighted by Gasteiger charge is 2.29. The number of benzene rings is 1. The number of fused-ring (bicyclic) bond motifs is 1. The smallest absolute Gasteiger partial charge is 0.149 e. The highest BCUT2D eigenvalue weighted by Crippen LogP contribution is 2.34. The number of carbonyl (C=O) groups is 1. The van der Waals surface area contributed by atoms with Crippen LogP contribution in [0, 0.1) is 0 Å². The van der Waals surface area contributed by atoms with Crippen molar-refractivity contribution in [2.45, 2.75) is 25.7 Å². The molecule has 20 heavy (non-hydrogen) atoms. The number of pyridine rings is 1. The largest absolute Gasteiger partial charge is 0.492 e. The zero-order valence-electron chi connectivity index (χ0n) is 11.5. The lowest BCUT2D eigenvalue weighted by molar-refractivity contribution is -0.120. The molecule has 0 spiro atoms. The molecule has 0 N–H and O–H groups in total. The van der Waals surface area contributed by atoms with Gasteiger partial charge in [0, 0.05) is 23.9 Å². The van der Waals surface area contributed by atoms with Gasteiger partial charge in [-0.05, 0) is 24.1 Å². The maximum atomic E-state index is 12.4. The Labute approximate surface area is 118 Å². The van der Waals surface area contributed by atoms with E-state index in [-0.39, 0.29) is 11.7 Å². The van der Waals surface area contributed by atoms with E-state index in [2.05, 4.69) is 11.9 Å². The number of para-hydroxylation sites is 1. The topological polar surface area (TPSA) is 39.2 Å². The lowest BCUT2D eigenvalue weighted by Crippen LogP contribution is -2.17. The van der Waals surface area contributed by atoms with Gasteiger partial charge in [-0.15, -0.1) is 0 Å². The van der Waals surface area contributed by atoms with Crippen molar-refractivity contribution < 1.29 is 9.53 Å². The zero-order chi connectivity index (χ0) is 13.9. The molecule has 2 aromatic rings. The van der Waals surface area contributed by atoms with Crippen molar-refractivity contribution in [2.24, 2.45) is 0 Å². The van der Waals surface area contributed by atoms with Crippen LogP contribution in [0.2, 0.25) is 0 Å². The molecule has 1 aliphatic heterocycles. The number of carbonyl (C=O) groups excluding carboxylic acids is 1. The van der Waals surface area contributed by atoms with Crippen LogP contribution < -0.4 is 4.74 Å². The number of ether oxygens (including phenoxy) is 1. The summed E-state index contributed by atoms with van der Waals surface area (Å²) < 4.78 is 5.57. The van der Waals surface area contributed by atoms with E-state index in [1.807, 2.05) is 42.6 Å². The minimum Gasteiger partial charge on any atom is -0.492 e. The second-order valence-corrected chi connectivity index (χ2v) is 5.06. The Morgan fingerprint density at radius 1 is 1.30 bits per heavy atom. The van der Waals surface area contributed by atoms with Crippen molar-refractivity contribution in [1.29, 1.82) is 0 Å². The molecule has 2 heterocycles. The molecular formula is C17H17NO2. The lowest BCUT2D eigenvalue weighted by Gasteiger charge is -2.07. The molecular weight excluding hydrogens is 250 g/mol. The summed E-state index contributed by atoms with van der Waals surface area (Å²) in [7, 11) is 0. The molecule has 1 aliphatic rings. The van der Waals surface area contributed by atoms with Gasteiger partial charge >= 0.3 is 0 Å². The van der Waals surface area contributed by atoms with Crippen LogP contribution >= 0.6 is 0 Å². The molecule has 3 heteroatoms. The number of aryl methyl sites for hydroxylation is 1. The first kappa shape index (κ1) is 12.9. The van der Waals surface area contributed by atoms with Crippen LogP contribution in [0.4, 0.5) is 0 Å². The van der Waals surface area contributed by atoms with E-state index >= 15 is 0 Å². The molecule has 0 saturated carbocycles. The summed E-state index contributed by atoms with van der Waals surface area (Å²) in [5.41, 5.74) is 3.02. The van der Waals surface area contributed by atoms with Crippen molar-refractivity contribution in [2.75, 3.05) is 6.61 Å². The second-order valence-electron chi connectivity index (χ2n) is 5.06. The minimum absolute atomic E-state index is 0.154. The fourth-order valence-electron chi connectivity index (χ4n) is 2.50. The Morgan fingerprint density at radius 3 is 2.90 bits per heavy atom. The molecule has 1 unspecified atom stereocenters. The van der Waals surface area contributed by atoms with E-state index in [4.69, 9.17) is 4.74 Å². The van der Waals surface area contributed by atoms with E-state index in [1.165, 1.54) is 5.56 Å². The van der Waals surface area contributed by atoms with Gasteiger partial charge in [-0.2, -0.15) is 0 Å². The van der Waals surface area contributed by atoms with Gasteiger partial charge < -0.3 is 4.74 Å². The maximum Gasteiger partial charge on any atom is 0.149 e. The molecule has 0 bridgehead atoms. The Morgan fingerprint density at radius 2 is 2.15 bits per heavy atom. The monoisotopic (exact) mass is 267 g/mol. The third-order valence-electron chi connectivity index (χ3n) is 3.74. The third-order valence-corrected chi connectivity index (χ3v) is 3.74. The second kappa shape index (κ2) is 5.45. The lowest BCUT2D eigenvalue weighted by atomic mass is 9.94. The fourth-order valence-corrected chi connectivity index (χ4v) is 2.50. The highest BCUT2D eigenvalue weighted by molar-refractivity contribution is 5.88. The number of hydrogen-bond donors (Lipinski definition) is 0. The van der Waals surface area contributed by atoms with Crippen LogP contribution in [0.3, 0.4) is 0 Å². The zero-order valence-corrected chi connectivity index (χ0v) is 11.5. The summed E-state index contributed by atoms with van der Waals surface area (Å²) in [6, 6.07) is 11.7. The summed E-state index contributed by atoms with van der Waals surface area (Å²) in [4.78, 5) is 16.8. The Hall–Kier alpha value is -2.16. The number of Topliss-reactive ketones (excluding diaryl/α,β-unsaturated/α-hetero) is 1. The average Bonchev–Trinajstić information content (AvgIpc) is 2.92. The number of hydrogen-bond acceptors (Lipinski definition) is 3. The Kier molecular flexibility index (Phi) is 3.50. The van der Waals surface area contributed by atoms with Crippen molar-refractivity contribution in [1.82, 2.24) is 4.98 Å². The molecule has 1 aromatic carbocycles. The third kappa shape index (κ3) is 2.44. The number of ketones is 1. The fraction of sp³-hybridized carbons (Fsp3) is 0.294. The molecule has 1 aromatic heterocycles. The van der Waals surface area contributed by atoms with Crippen LogP contribution in [0.25, 0.3) is 0 Å². The van der Waals surface area contributed by atoms with Crippen LogP contribution in [0.15, 0.2) is 42.6 Å². The maximum absolute atomic E-state index is 12.4. The van der Waals surface area contributed by atoms with Crippen molar-refractivity contribution in [3.8, 4) is 5.75 Å². The van der Waals surface area contributed by atoms with Crippen LogP contribution in [0.5, 0.6) is 5.75 Å². The quantitative estimate of drug-likeness (QED) is 0.855. The first-order valence-corrected chi connectivity index (χ1v) is 6.96. The summed E-state index contributed by atoms with van der Waals surface area (Å²) in [5, 5.41) is 0. The molecule has 0 radical (unpaired) electrons. The Balaban J connectivity index is 1.74. The van der Waals surface area contributed by atoms with Crippen molar-refractivity contribution in [3.63, 3.8) is 0 Å². The van der Waals surface area contributed by atoms with Gasteiger partial charge in [-0.1, -0.05) is 31.2 Å². The summed E-state index contributed by atoms with van der Waals surface area (Å²) >= 11 is 0. The van der Waals surface area contributed by atoms with Gasteiger partial charge in [0.05, 0.1) is 5.92 Å². The van der Waals surface area contributed by atoms with E-state index in [0.29, 0.717) is 13.0 Å². The van der Waals surface area contributed by atoms with Gasteiger partial charge in [0.2, 0.25) is 0 Å². The van der Waals surface area contributed by atoms with Gasteiger partial charge in [0.15, 0.2) is 0 Å². The Bertz CT molecular complexity index is 619. The molecule has 3 nitrogen and oxygen atoms in total. The number of aromatic nitrogens is 1. The molecule has 0 aliphatic carbocycles. The average molecular weight is 267 g/mol. The standard InChI is InChI=1S/C17H17NO2/c1-2-12-7-8-13(18-10-12)9-16(19)15-11-20-17-6-4-3-5-14(15)17/h3-8,10,15H,2,9,11H2,1H3. The van der Waals surface area contributed by atoms with E-state index < -0.39 is 0 Å². The predicted molar refractivity (Wildman–Crippen MR) is 77.0 cm³/mol. The number of rotatable bonds is 4. The van der Waals surface area contributed by atoms with Crippen molar-refractivity contribution >= 4 is 5.78 Å². The van der Waals surface area contributed by atoms with E-state index in [0.717, 1.165) is 23.4 Å². The first-order valence-electron chi connectivity index (χ1n) is 6.96.